The second-order valence-corrected chi connectivity index (χ2v) is 5.65. The van der Waals surface area contributed by atoms with Crippen molar-refractivity contribution in [1.29, 1.82) is 0 Å². The van der Waals surface area contributed by atoms with Crippen LogP contribution in [0.4, 0.5) is 0 Å². The smallest absolute Gasteiger partial charge is 0.140 e. The summed E-state index contributed by atoms with van der Waals surface area (Å²) in [5.41, 5.74) is 2.09. The number of carbonyl (C=O) groups is 1. The van der Waals surface area contributed by atoms with Crippen LogP contribution in [0.15, 0.2) is 24.3 Å². The first-order valence-electron chi connectivity index (χ1n) is 7.85. The highest BCUT2D eigenvalue weighted by Crippen LogP contribution is 2.19. The Morgan fingerprint density at radius 3 is 3.05 bits per heavy atom. The normalized spacial score (nSPS) is 18.4. The molecule has 0 bridgehead atoms. The highest BCUT2D eigenvalue weighted by Gasteiger charge is 2.18. The van der Waals surface area contributed by atoms with E-state index in [1.165, 1.54) is 0 Å². The van der Waals surface area contributed by atoms with Gasteiger partial charge in [-0.2, -0.15) is 0 Å². The fourth-order valence-electron chi connectivity index (χ4n) is 3.07. The molecular formula is C17H22N2O2. The fourth-order valence-corrected chi connectivity index (χ4v) is 3.07. The van der Waals surface area contributed by atoms with Crippen molar-refractivity contribution in [3.8, 4) is 0 Å². The molecule has 0 aliphatic carbocycles. The average Bonchev–Trinajstić information content (AvgIpc) is 3.12. The Labute approximate surface area is 125 Å². The van der Waals surface area contributed by atoms with E-state index < -0.39 is 0 Å². The van der Waals surface area contributed by atoms with Crippen molar-refractivity contribution in [1.82, 2.24) is 9.55 Å². The van der Waals surface area contributed by atoms with Crippen LogP contribution in [0.25, 0.3) is 11.0 Å². The predicted octanol–water partition coefficient (Wildman–Crippen LogP) is 3.13. The van der Waals surface area contributed by atoms with Crippen LogP contribution in [-0.2, 0) is 22.5 Å². The summed E-state index contributed by atoms with van der Waals surface area (Å²) in [4.78, 5) is 16.8. The zero-order valence-corrected chi connectivity index (χ0v) is 12.5. The Bertz CT molecular complexity index is 627. The van der Waals surface area contributed by atoms with E-state index >= 15 is 0 Å². The minimum atomic E-state index is 0.260. The van der Waals surface area contributed by atoms with Crippen LogP contribution >= 0.6 is 0 Å². The molecule has 2 heterocycles. The molecule has 0 saturated carbocycles. The maximum Gasteiger partial charge on any atom is 0.140 e. The lowest BCUT2D eigenvalue weighted by Gasteiger charge is -2.09. The van der Waals surface area contributed by atoms with E-state index in [0.717, 1.165) is 49.3 Å². The van der Waals surface area contributed by atoms with Crippen LogP contribution in [0, 0.1) is 0 Å². The summed E-state index contributed by atoms with van der Waals surface area (Å²) in [6, 6.07) is 8.06. The standard InChI is InChI=1S/C17H22N2O2/c1-2-19-16-8-4-3-7-15(16)18-17(19)12-13(20)9-10-14-6-5-11-21-14/h3-4,7-8,14H,2,5-6,9-12H2,1H3. The molecule has 1 fully saturated rings. The molecule has 4 heteroatoms. The van der Waals surface area contributed by atoms with Gasteiger partial charge in [0.05, 0.1) is 23.6 Å². The summed E-state index contributed by atoms with van der Waals surface area (Å²) >= 11 is 0. The molecule has 112 valence electrons. The molecular weight excluding hydrogens is 264 g/mol. The number of hydrogen-bond acceptors (Lipinski definition) is 3. The Hall–Kier alpha value is -1.68. The number of Topliss-reactive ketones (excluding diaryl/α,β-unsaturated/α-hetero) is 1. The molecule has 0 N–H and O–H groups in total. The SMILES string of the molecule is CCn1c(CC(=O)CCC2CCCO2)nc2ccccc21. The second kappa shape index (κ2) is 6.39. The highest BCUT2D eigenvalue weighted by molar-refractivity contribution is 5.82. The summed E-state index contributed by atoms with van der Waals surface area (Å²) in [6.07, 6.45) is 4.39. The lowest BCUT2D eigenvalue weighted by Crippen LogP contribution is -2.13. The van der Waals surface area contributed by atoms with E-state index in [0.29, 0.717) is 18.9 Å². The Kier molecular flexibility index (Phi) is 4.34. The number of imidazole rings is 1. The number of ketones is 1. The number of para-hydroxylation sites is 2. The fraction of sp³-hybridized carbons (Fsp3) is 0.529. The van der Waals surface area contributed by atoms with Gasteiger partial charge in [-0.25, -0.2) is 4.98 Å². The number of benzene rings is 1. The number of carbonyl (C=O) groups excluding carboxylic acids is 1. The van der Waals surface area contributed by atoms with Crippen LogP contribution in [0.1, 0.15) is 38.4 Å². The van der Waals surface area contributed by atoms with Gasteiger partial charge in [0.25, 0.3) is 0 Å². The topological polar surface area (TPSA) is 44.1 Å². The van der Waals surface area contributed by atoms with Crippen molar-refractivity contribution in [3.05, 3.63) is 30.1 Å². The molecule has 1 aliphatic heterocycles. The number of hydrogen-bond donors (Lipinski definition) is 0. The van der Waals surface area contributed by atoms with Gasteiger partial charge in [-0.15, -0.1) is 0 Å². The van der Waals surface area contributed by atoms with Crippen molar-refractivity contribution in [3.63, 3.8) is 0 Å². The molecule has 0 amide bonds. The third-order valence-corrected chi connectivity index (χ3v) is 4.17. The zero-order chi connectivity index (χ0) is 14.7. The van der Waals surface area contributed by atoms with E-state index in [1.807, 2.05) is 18.2 Å². The molecule has 0 radical (unpaired) electrons. The third-order valence-electron chi connectivity index (χ3n) is 4.17. The molecule has 1 atom stereocenters. The molecule has 1 saturated heterocycles. The van der Waals surface area contributed by atoms with Gasteiger partial charge in [-0.05, 0) is 38.3 Å². The summed E-state index contributed by atoms with van der Waals surface area (Å²) in [7, 11) is 0. The molecule has 21 heavy (non-hydrogen) atoms. The average molecular weight is 286 g/mol. The minimum Gasteiger partial charge on any atom is -0.378 e. The predicted molar refractivity (Wildman–Crippen MR) is 82.3 cm³/mol. The molecule has 1 aliphatic rings. The highest BCUT2D eigenvalue weighted by atomic mass is 16.5. The van der Waals surface area contributed by atoms with Gasteiger partial charge in [0.2, 0.25) is 0 Å². The number of ether oxygens (including phenoxy) is 1. The maximum atomic E-state index is 12.2. The lowest BCUT2D eigenvalue weighted by molar-refractivity contribution is -0.119. The summed E-state index contributed by atoms with van der Waals surface area (Å²) in [5, 5.41) is 0. The Balaban J connectivity index is 1.67. The van der Waals surface area contributed by atoms with E-state index in [9.17, 15) is 4.79 Å². The Morgan fingerprint density at radius 2 is 2.29 bits per heavy atom. The largest absolute Gasteiger partial charge is 0.378 e. The van der Waals surface area contributed by atoms with Gasteiger partial charge in [-0.3, -0.25) is 4.79 Å². The van der Waals surface area contributed by atoms with Crippen LogP contribution in [-0.4, -0.2) is 28.0 Å². The summed E-state index contributed by atoms with van der Waals surface area (Å²) in [5.74, 6) is 1.14. The zero-order valence-electron chi connectivity index (χ0n) is 12.5. The number of nitrogens with zero attached hydrogens (tertiary/aromatic N) is 2. The van der Waals surface area contributed by atoms with Crippen molar-refractivity contribution in [2.24, 2.45) is 0 Å². The van der Waals surface area contributed by atoms with Crippen molar-refractivity contribution in [2.45, 2.75) is 51.7 Å². The first-order valence-corrected chi connectivity index (χ1v) is 7.85. The number of rotatable bonds is 6. The quantitative estimate of drug-likeness (QED) is 0.819. The van der Waals surface area contributed by atoms with E-state index in [-0.39, 0.29) is 5.78 Å². The molecule has 4 nitrogen and oxygen atoms in total. The van der Waals surface area contributed by atoms with Crippen LogP contribution in [0.3, 0.4) is 0 Å². The molecule has 1 unspecified atom stereocenters. The molecule has 0 spiro atoms. The van der Waals surface area contributed by atoms with Gasteiger partial charge in [0.1, 0.15) is 11.6 Å². The van der Waals surface area contributed by atoms with Crippen molar-refractivity contribution >= 4 is 16.8 Å². The first-order chi connectivity index (χ1) is 10.3. The van der Waals surface area contributed by atoms with E-state index in [2.05, 4.69) is 22.5 Å². The van der Waals surface area contributed by atoms with E-state index in [1.54, 1.807) is 0 Å². The van der Waals surface area contributed by atoms with Gasteiger partial charge >= 0.3 is 0 Å². The molecule has 1 aromatic heterocycles. The van der Waals surface area contributed by atoms with Crippen molar-refractivity contribution in [2.75, 3.05) is 6.61 Å². The summed E-state index contributed by atoms with van der Waals surface area (Å²) in [6.45, 7) is 3.79. The van der Waals surface area contributed by atoms with Crippen LogP contribution in [0.5, 0.6) is 0 Å². The monoisotopic (exact) mass is 286 g/mol. The van der Waals surface area contributed by atoms with E-state index in [4.69, 9.17) is 4.74 Å². The van der Waals surface area contributed by atoms with Gasteiger partial charge in [0.15, 0.2) is 0 Å². The number of aryl methyl sites for hydroxylation is 1. The third kappa shape index (κ3) is 3.16. The molecule has 1 aromatic carbocycles. The molecule has 2 aromatic rings. The van der Waals surface area contributed by atoms with Crippen molar-refractivity contribution < 1.29 is 9.53 Å². The Morgan fingerprint density at radius 1 is 1.43 bits per heavy atom. The number of fused-ring (bicyclic) bond motifs is 1. The van der Waals surface area contributed by atoms with Crippen LogP contribution < -0.4 is 0 Å². The van der Waals surface area contributed by atoms with Crippen LogP contribution in [0.2, 0.25) is 0 Å². The maximum absolute atomic E-state index is 12.2. The second-order valence-electron chi connectivity index (χ2n) is 5.65. The number of aromatic nitrogens is 2. The minimum absolute atomic E-state index is 0.260. The van der Waals surface area contributed by atoms with Gasteiger partial charge in [0, 0.05) is 19.6 Å². The first kappa shape index (κ1) is 14.3. The lowest BCUT2D eigenvalue weighted by atomic mass is 10.1. The summed E-state index contributed by atoms with van der Waals surface area (Å²) < 4.78 is 7.71. The van der Waals surface area contributed by atoms with Gasteiger partial charge < -0.3 is 9.30 Å². The molecule has 3 rings (SSSR count). The van der Waals surface area contributed by atoms with Gasteiger partial charge in [-0.1, -0.05) is 12.1 Å².